The van der Waals surface area contributed by atoms with Crippen molar-refractivity contribution in [2.75, 3.05) is 18.4 Å². The summed E-state index contributed by atoms with van der Waals surface area (Å²) in [5, 5.41) is 6.99. The van der Waals surface area contributed by atoms with Gasteiger partial charge >= 0.3 is 0 Å². The Labute approximate surface area is 147 Å². The summed E-state index contributed by atoms with van der Waals surface area (Å²) in [6.07, 6.45) is 0.971. The maximum absolute atomic E-state index is 13.5. The first-order valence-electron chi connectivity index (χ1n) is 8.58. The second-order valence-corrected chi connectivity index (χ2v) is 8.91. The molecule has 1 unspecified atom stereocenters. The van der Waals surface area contributed by atoms with Gasteiger partial charge in [0.25, 0.3) is 0 Å². The third kappa shape index (κ3) is 2.83. The van der Waals surface area contributed by atoms with Crippen LogP contribution in [0.2, 0.25) is 0 Å². The molecule has 0 aromatic heterocycles. The molecule has 2 aliphatic heterocycles. The summed E-state index contributed by atoms with van der Waals surface area (Å²) in [4.78, 5) is 0.218. The molecule has 2 heterocycles. The molecule has 4 rings (SSSR count). The normalized spacial score (nSPS) is 25.6. The minimum Gasteiger partial charge on any atom is -0.381 e. The lowest BCUT2D eigenvalue weighted by Crippen LogP contribution is -2.31. The number of nitrogens with one attached hydrogen (secondary N) is 2. The van der Waals surface area contributed by atoms with Gasteiger partial charge in [-0.2, -0.15) is 0 Å². The van der Waals surface area contributed by atoms with Gasteiger partial charge in [-0.25, -0.2) is 12.8 Å². The maximum atomic E-state index is 13.5. The Bertz CT molecular complexity index is 913. The maximum Gasteiger partial charge on any atom is 0.206 e. The molecule has 1 saturated heterocycles. The number of benzene rings is 2. The molecule has 6 heteroatoms. The average Bonchev–Trinajstić information content (AvgIpc) is 2.86. The van der Waals surface area contributed by atoms with E-state index in [1.807, 2.05) is 6.07 Å². The Morgan fingerprint density at radius 3 is 2.72 bits per heavy atom. The van der Waals surface area contributed by atoms with Crippen LogP contribution in [0.15, 0.2) is 52.3 Å². The van der Waals surface area contributed by atoms with Crippen LogP contribution in [0.4, 0.5) is 10.1 Å². The van der Waals surface area contributed by atoms with Gasteiger partial charge in [0.2, 0.25) is 9.84 Å². The van der Waals surface area contributed by atoms with Crippen LogP contribution < -0.4 is 10.6 Å². The van der Waals surface area contributed by atoms with Gasteiger partial charge in [0, 0.05) is 17.6 Å². The Hall–Kier alpha value is -1.92. The lowest BCUT2D eigenvalue weighted by Gasteiger charge is -2.22. The highest BCUT2D eigenvalue weighted by Gasteiger charge is 2.37. The minimum absolute atomic E-state index is 0.00847. The van der Waals surface area contributed by atoms with Crippen LogP contribution in [0.5, 0.6) is 0 Å². The zero-order valence-electron chi connectivity index (χ0n) is 14.0. The van der Waals surface area contributed by atoms with Crippen LogP contribution in [0.25, 0.3) is 0 Å². The molecule has 1 fully saturated rings. The molecule has 2 aromatic rings. The SMILES string of the molecule is CC1CNCC[C@H]2c3cc(S(=O)(=O)c4cccc(F)c4)ccc3N[C@@H]12. The summed E-state index contributed by atoms with van der Waals surface area (Å²) in [5.41, 5.74) is 2.07. The molecule has 0 aliphatic carbocycles. The molecule has 0 radical (unpaired) electrons. The first kappa shape index (κ1) is 16.5. The molecule has 2 aliphatic rings. The van der Waals surface area contributed by atoms with Crippen LogP contribution in [0.3, 0.4) is 0 Å². The van der Waals surface area contributed by atoms with E-state index in [2.05, 4.69) is 17.6 Å². The molecular formula is C19H21FN2O2S. The summed E-state index contributed by atoms with van der Waals surface area (Å²) in [5.74, 6) is 0.207. The fourth-order valence-electron chi connectivity index (χ4n) is 3.98. The standard InChI is InChI=1S/C19H21FN2O2S/c1-12-11-21-8-7-16-17-10-15(5-6-18(17)22-19(12)16)25(23,24)14-4-2-3-13(20)9-14/h2-6,9-10,12,16,19,21-22H,7-8,11H2,1H3/t12?,16-,19-/m0/s1. The van der Waals surface area contributed by atoms with E-state index in [0.717, 1.165) is 36.8 Å². The zero-order valence-corrected chi connectivity index (χ0v) is 14.8. The van der Waals surface area contributed by atoms with E-state index in [-0.39, 0.29) is 9.79 Å². The molecule has 3 atom stereocenters. The molecular weight excluding hydrogens is 339 g/mol. The van der Waals surface area contributed by atoms with Crippen molar-refractivity contribution in [1.29, 1.82) is 0 Å². The highest BCUT2D eigenvalue weighted by molar-refractivity contribution is 7.91. The number of halogens is 1. The van der Waals surface area contributed by atoms with E-state index in [1.165, 1.54) is 18.2 Å². The molecule has 0 saturated carbocycles. The predicted molar refractivity (Wildman–Crippen MR) is 95.1 cm³/mol. The van der Waals surface area contributed by atoms with Crippen molar-refractivity contribution < 1.29 is 12.8 Å². The quantitative estimate of drug-likeness (QED) is 0.864. The third-order valence-corrected chi connectivity index (χ3v) is 7.06. The topological polar surface area (TPSA) is 58.2 Å². The lowest BCUT2D eigenvalue weighted by atomic mass is 9.87. The van der Waals surface area contributed by atoms with Crippen LogP contribution in [0.1, 0.15) is 24.8 Å². The molecule has 2 N–H and O–H groups in total. The molecule has 0 amide bonds. The van der Waals surface area contributed by atoms with Gasteiger partial charge in [-0.05, 0) is 67.4 Å². The fourth-order valence-corrected chi connectivity index (χ4v) is 5.31. The Balaban J connectivity index is 1.75. The predicted octanol–water partition coefficient (Wildman–Crippen LogP) is 3.17. The minimum atomic E-state index is -3.73. The monoisotopic (exact) mass is 360 g/mol. The average molecular weight is 360 g/mol. The first-order chi connectivity index (χ1) is 12.0. The van der Waals surface area contributed by atoms with E-state index >= 15 is 0 Å². The fraction of sp³-hybridized carbons (Fsp3) is 0.368. The summed E-state index contributed by atoms with van der Waals surface area (Å²) in [6, 6.07) is 10.7. The van der Waals surface area contributed by atoms with E-state index in [9.17, 15) is 12.8 Å². The second-order valence-electron chi connectivity index (χ2n) is 6.96. The van der Waals surface area contributed by atoms with E-state index in [0.29, 0.717) is 17.9 Å². The van der Waals surface area contributed by atoms with Crippen LogP contribution in [-0.4, -0.2) is 27.5 Å². The van der Waals surface area contributed by atoms with Gasteiger partial charge in [-0.3, -0.25) is 0 Å². The first-order valence-corrected chi connectivity index (χ1v) is 10.1. The highest BCUT2D eigenvalue weighted by Crippen LogP contribution is 2.43. The molecule has 4 nitrogen and oxygen atoms in total. The van der Waals surface area contributed by atoms with E-state index < -0.39 is 15.7 Å². The number of anilines is 1. The van der Waals surface area contributed by atoms with Crippen molar-refractivity contribution >= 4 is 15.5 Å². The molecule has 0 bridgehead atoms. The van der Waals surface area contributed by atoms with E-state index in [1.54, 1.807) is 12.1 Å². The van der Waals surface area contributed by atoms with Crippen molar-refractivity contribution in [3.05, 3.63) is 53.8 Å². The van der Waals surface area contributed by atoms with Gasteiger partial charge in [0.15, 0.2) is 0 Å². The van der Waals surface area contributed by atoms with Gasteiger partial charge in [0.05, 0.1) is 9.79 Å². The van der Waals surface area contributed by atoms with Crippen molar-refractivity contribution in [3.8, 4) is 0 Å². The van der Waals surface area contributed by atoms with Crippen LogP contribution >= 0.6 is 0 Å². The summed E-state index contributed by atoms with van der Waals surface area (Å²) >= 11 is 0. The van der Waals surface area contributed by atoms with Crippen molar-refractivity contribution in [2.24, 2.45) is 5.92 Å². The summed E-state index contributed by atoms with van der Waals surface area (Å²) < 4.78 is 39.2. The van der Waals surface area contributed by atoms with Crippen LogP contribution in [-0.2, 0) is 9.84 Å². The second kappa shape index (κ2) is 6.11. The molecule has 25 heavy (non-hydrogen) atoms. The Morgan fingerprint density at radius 2 is 1.92 bits per heavy atom. The summed E-state index contributed by atoms with van der Waals surface area (Å²) in [7, 11) is -3.73. The third-order valence-electron chi connectivity index (χ3n) is 5.31. The lowest BCUT2D eigenvalue weighted by molar-refractivity contribution is 0.454. The number of hydrogen-bond donors (Lipinski definition) is 2. The Kier molecular flexibility index (Phi) is 4.04. The number of hydrogen-bond acceptors (Lipinski definition) is 4. The van der Waals surface area contributed by atoms with Crippen molar-refractivity contribution in [3.63, 3.8) is 0 Å². The van der Waals surface area contributed by atoms with E-state index in [4.69, 9.17) is 0 Å². The van der Waals surface area contributed by atoms with Gasteiger partial charge in [0.1, 0.15) is 5.82 Å². The van der Waals surface area contributed by atoms with Gasteiger partial charge < -0.3 is 10.6 Å². The van der Waals surface area contributed by atoms with Crippen LogP contribution in [0, 0.1) is 11.7 Å². The van der Waals surface area contributed by atoms with Crippen molar-refractivity contribution in [1.82, 2.24) is 5.32 Å². The van der Waals surface area contributed by atoms with Gasteiger partial charge in [-0.1, -0.05) is 13.0 Å². The summed E-state index contributed by atoms with van der Waals surface area (Å²) in [6.45, 7) is 4.09. The largest absolute Gasteiger partial charge is 0.381 e. The van der Waals surface area contributed by atoms with Gasteiger partial charge in [-0.15, -0.1) is 0 Å². The number of fused-ring (bicyclic) bond motifs is 3. The number of sulfone groups is 1. The molecule has 0 spiro atoms. The highest BCUT2D eigenvalue weighted by atomic mass is 32.2. The molecule has 2 aromatic carbocycles. The Morgan fingerprint density at radius 1 is 1.12 bits per heavy atom. The zero-order chi connectivity index (χ0) is 17.6. The number of rotatable bonds is 2. The van der Waals surface area contributed by atoms with Crippen molar-refractivity contribution in [2.45, 2.75) is 35.1 Å². The molecule has 132 valence electrons. The smallest absolute Gasteiger partial charge is 0.206 e.